The summed E-state index contributed by atoms with van der Waals surface area (Å²) in [5, 5.41) is 0. The van der Waals surface area contributed by atoms with Crippen molar-refractivity contribution < 1.29 is 14.0 Å². The molecule has 0 fully saturated rings. The number of rotatable bonds is 4. The molecule has 0 bridgehead atoms. The minimum atomic E-state index is -0.391. The van der Waals surface area contributed by atoms with E-state index < -0.39 is 5.91 Å². The maximum Gasteiger partial charge on any atom is 0.270 e. The van der Waals surface area contributed by atoms with Gasteiger partial charge in [0, 0.05) is 17.3 Å². The first-order valence-corrected chi connectivity index (χ1v) is 8.11. The van der Waals surface area contributed by atoms with Gasteiger partial charge in [0.1, 0.15) is 5.52 Å². The van der Waals surface area contributed by atoms with Gasteiger partial charge in [0.15, 0.2) is 11.5 Å². The largest absolute Gasteiger partial charge is 0.441 e. The first-order valence-electron chi connectivity index (χ1n) is 7.31. The van der Waals surface area contributed by atoms with Crippen molar-refractivity contribution in [2.75, 3.05) is 0 Å². The zero-order valence-electron chi connectivity index (χ0n) is 12.6. The Hall–Kier alpha value is -2.67. The molecule has 0 saturated heterocycles. The second kappa shape index (κ2) is 7.27. The van der Waals surface area contributed by atoms with Crippen LogP contribution in [-0.4, -0.2) is 16.8 Å². The Morgan fingerprint density at radius 1 is 1.04 bits per heavy atom. The van der Waals surface area contributed by atoms with Gasteiger partial charge >= 0.3 is 0 Å². The van der Waals surface area contributed by atoms with Crippen molar-refractivity contribution in [1.29, 1.82) is 0 Å². The van der Waals surface area contributed by atoms with E-state index in [0.29, 0.717) is 27.9 Å². The Morgan fingerprint density at radius 2 is 1.79 bits per heavy atom. The molecule has 1 heterocycles. The van der Waals surface area contributed by atoms with Crippen LogP contribution in [0.4, 0.5) is 0 Å². The van der Waals surface area contributed by atoms with E-state index in [1.54, 1.807) is 24.3 Å². The van der Waals surface area contributed by atoms with Gasteiger partial charge in [-0.15, -0.1) is 0 Å². The second-order valence-corrected chi connectivity index (χ2v) is 5.91. The summed E-state index contributed by atoms with van der Waals surface area (Å²) >= 11 is 3.29. The summed E-state index contributed by atoms with van der Waals surface area (Å²) in [7, 11) is 0. The first kappa shape index (κ1) is 16.2. The van der Waals surface area contributed by atoms with Gasteiger partial charge in [0.2, 0.25) is 5.91 Å². The summed E-state index contributed by atoms with van der Waals surface area (Å²) in [4.78, 5) is 28.1. The summed E-state index contributed by atoms with van der Waals surface area (Å²) < 4.78 is 6.20. The van der Waals surface area contributed by atoms with Gasteiger partial charge in [-0.25, -0.2) is 4.98 Å². The Balaban J connectivity index is 1.51. The Morgan fingerprint density at radius 3 is 2.58 bits per heavy atom. The number of hydrogen-bond donors (Lipinski definition) is 2. The average molecular weight is 388 g/mol. The quantitative estimate of drug-likeness (QED) is 0.673. The van der Waals surface area contributed by atoms with Gasteiger partial charge in [-0.2, -0.15) is 0 Å². The predicted molar refractivity (Wildman–Crippen MR) is 92.1 cm³/mol. The van der Waals surface area contributed by atoms with E-state index in [2.05, 4.69) is 31.8 Å². The highest BCUT2D eigenvalue weighted by molar-refractivity contribution is 9.10. The molecule has 24 heavy (non-hydrogen) atoms. The lowest BCUT2D eigenvalue weighted by atomic mass is 10.2. The molecule has 3 rings (SSSR count). The van der Waals surface area contributed by atoms with E-state index in [-0.39, 0.29) is 12.3 Å². The number of halogens is 1. The zero-order valence-corrected chi connectivity index (χ0v) is 14.2. The van der Waals surface area contributed by atoms with E-state index in [4.69, 9.17) is 4.42 Å². The van der Waals surface area contributed by atoms with Crippen LogP contribution in [0.2, 0.25) is 0 Å². The molecule has 0 aliphatic rings. The summed E-state index contributed by atoms with van der Waals surface area (Å²) in [6.45, 7) is 0. The molecule has 0 atom stereocenters. The molecule has 0 aliphatic heterocycles. The molecule has 2 amide bonds. The molecule has 2 N–H and O–H groups in total. The number of aryl methyl sites for hydroxylation is 1. The summed E-state index contributed by atoms with van der Waals surface area (Å²) in [6.07, 6.45) is 0.508. The van der Waals surface area contributed by atoms with Crippen LogP contribution in [0.15, 0.2) is 57.4 Å². The smallest absolute Gasteiger partial charge is 0.270 e. The van der Waals surface area contributed by atoms with Crippen molar-refractivity contribution in [2.45, 2.75) is 12.8 Å². The summed E-state index contributed by atoms with van der Waals surface area (Å²) in [5.41, 5.74) is 6.66. The molecule has 0 radical (unpaired) electrons. The number of amides is 2. The lowest BCUT2D eigenvalue weighted by Gasteiger charge is -2.07. The number of para-hydroxylation sites is 2. The number of hydrogen-bond acceptors (Lipinski definition) is 4. The normalized spacial score (nSPS) is 10.5. The number of oxazole rings is 1. The third-order valence-electron chi connectivity index (χ3n) is 3.34. The highest BCUT2D eigenvalue weighted by Crippen LogP contribution is 2.16. The summed E-state index contributed by atoms with van der Waals surface area (Å²) in [5.74, 6) is -0.223. The lowest BCUT2D eigenvalue weighted by Crippen LogP contribution is -2.41. The Bertz CT molecular complexity index is 858. The van der Waals surface area contributed by atoms with E-state index in [0.717, 1.165) is 5.52 Å². The number of carbonyl (C=O) groups is 2. The van der Waals surface area contributed by atoms with Crippen molar-refractivity contribution in [3.8, 4) is 0 Å². The fraction of sp³-hybridized carbons (Fsp3) is 0.118. The van der Waals surface area contributed by atoms with Crippen molar-refractivity contribution in [3.63, 3.8) is 0 Å². The van der Waals surface area contributed by atoms with Crippen LogP contribution < -0.4 is 10.9 Å². The highest BCUT2D eigenvalue weighted by atomic mass is 79.9. The molecule has 122 valence electrons. The highest BCUT2D eigenvalue weighted by Gasteiger charge is 2.11. The number of hydrazine groups is 1. The van der Waals surface area contributed by atoms with Crippen LogP contribution in [0.5, 0.6) is 0 Å². The van der Waals surface area contributed by atoms with E-state index in [1.165, 1.54) is 0 Å². The molecule has 2 aromatic carbocycles. The maximum atomic E-state index is 12.0. The van der Waals surface area contributed by atoms with E-state index in [1.807, 2.05) is 24.3 Å². The fourth-order valence-corrected chi connectivity index (χ4v) is 2.61. The molecule has 6 nitrogen and oxygen atoms in total. The monoisotopic (exact) mass is 387 g/mol. The van der Waals surface area contributed by atoms with Gasteiger partial charge in [0.05, 0.1) is 5.56 Å². The van der Waals surface area contributed by atoms with Crippen molar-refractivity contribution in [1.82, 2.24) is 15.8 Å². The van der Waals surface area contributed by atoms with Crippen molar-refractivity contribution >= 4 is 38.8 Å². The van der Waals surface area contributed by atoms with E-state index in [9.17, 15) is 9.59 Å². The van der Waals surface area contributed by atoms with Gasteiger partial charge in [-0.3, -0.25) is 20.4 Å². The molecule has 0 unspecified atom stereocenters. The predicted octanol–water partition coefficient (Wildman–Crippen LogP) is 2.98. The van der Waals surface area contributed by atoms with Crippen LogP contribution in [0.1, 0.15) is 22.7 Å². The third-order valence-corrected chi connectivity index (χ3v) is 4.03. The number of nitrogens with one attached hydrogen (secondary N) is 2. The minimum Gasteiger partial charge on any atom is -0.441 e. The molecule has 0 saturated carbocycles. The van der Waals surface area contributed by atoms with Gasteiger partial charge in [0.25, 0.3) is 5.91 Å². The molecular formula is C17H14BrN3O3. The number of carbonyl (C=O) groups excluding carboxylic acids is 2. The zero-order chi connectivity index (χ0) is 16.9. The molecular weight excluding hydrogens is 374 g/mol. The van der Waals surface area contributed by atoms with Crippen molar-refractivity contribution in [3.05, 3.63) is 64.5 Å². The molecule has 3 aromatic rings. The van der Waals surface area contributed by atoms with Crippen LogP contribution in [0, 0.1) is 0 Å². The molecule has 0 spiro atoms. The average Bonchev–Trinajstić information content (AvgIpc) is 3.01. The van der Waals surface area contributed by atoms with E-state index >= 15 is 0 Å². The first-order chi connectivity index (χ1) is 11.6. The molecule has 1 aromatic heterocycles. The molecule has 7 heteroatoms. The SMILES string of the molecule is O=C(CCc1nc2ccccc2o1)NNC(=O)c1ccccc1Br. The summed E-state index contributed by atoms with van der Waals surface area (Å²) in [6, 6.07) is 14.4. The van der Waals surface area contributed by atoms with Crippen LogP contribution >= 0.6 is 15.9 Å². The topological polar surface area (TPSA) is 84.2 Å². The number of nitrogens with zero attached hydrogens (tertiary/aromatic N) is 1. The van der Waals surface area contributed by atoms with Gasteiger partial charge in [-0.1, -0.05) is 24.3 Å². The van der Waals surface area contributed by atoms with Gasteiger partial charge < -0.3 is 4.42 Å². The second-order valence-electron chi connectivity index (χ2n) is 5.06. The number of aromatic nitrogens is 1. The third kappa shape index (κ3) is 3.80. The molecule has 0 aliphatic carbocycles. The number of benzene rings is 2. The Kier molecular flexibility index (Phi) is 4.90. The Labute approximate surface area is 146 Å². The minimum absolute atomic E-state index is 0.156. The maximum absolute atomic E-state index is 12.0. The van der Waals surface area contributed by atoms with Gasteiger partial charge in [-0.05, 0) is 40.2 Å². The van der Waals surface area contributed by atoms with Crippen molar-refractivity contribution in [2.24, 2.45) is 0 Å². The van der Waals surface area contributed by atoms with Crippen LogP contribution in [0.3, 0.4) is 0 Å². The fourth-order valence-electron chi connectivity index (χ4n) is 2.15. The number of fused-ring (bicyclic) bond motifs is 1. The van der Waals surface area contributed by atoms with Crippen LogP contribution in [-0.2, 0) is 11.2 Å². The van der Waals surface area contributed by atoms with Crippen LogP contribution in [0.25, 0.3) is 11.1 Å². The standard InChI is InChI=1S/C17H14BrN3O3/c18-12-6-2-1-5-11(12)17(23)21-20-15(22)9-10-16-19-13-7-3-4-8-14(13)24-16/h1-8H,9-10H2,(H,20,22)(H,21,23). The lowest BCUT2D eigenvalue weighted by molar-refractivity contribution is -0.121.